The predicted octanol–water partition coefficient (Wildman–Crippen LogP) is 1.97. The van der Waals surface area contributed by atoms with E-state index in [-0.39, 0.29) is 0 Å². The van der Waals surface area contributed by atoms with E-state index in [2.05, 4.69) is 20.8 Å². The molecule has 2 rings (SSSR count). The molecule has 0 spiro atoms. The summed E-state index contributed by atoms with van der Waals surface area (Å²) in [6.07, 6.45) is 2.60. The Morgan fingerprint density at radius 1 is 1.33 bits per heavy atom. The van der Waals surface area contributed by atoms with E-state index >= 15 is 0 Å². The highest BCUT2D eigenvalue weighted by Crippen LogP contribution is 2.08. The van der Waals surface area contributed by atoms with E-state index in [9.17, 15) is 0 Å². The second-order valence-electron chi connectivity index (χ2n) is 3.99. The fourth-order valence-electron chi connectivity index (χ4n) is 1.61. The number of aryl methyl sites for hydroxylation is 2. The monoisotopic (exact) mass is 261 g/mol. The summed E-state index contributed by atoms with van der Waals surface area (Å²) in [5.74, 6) is 0.887. The Hall–Kier alpha value is -1.82. The first-order chi connectivity index (χ1) is 8.75. The molecular weight excluding hydrogens is 246 g/mol. The Labute approximate surface area is 111 Å². The average Bonchev–Trinajstić information content (AvgIpc) is 2.76. The van der Waals surface area contributed by atoms with Gasteiger partial charge >= 0.3 is 0 Å². The van der Waals surface area contributed by atoms with Crippen molar-refractivity contribution in [1.29, 1.82) is 0 Å². The maximum Gasteiger partial charge on any atom is 0.150 e. The van der Waals surface area contributed by atoms with Crippen molar-refractivity contribution in [1.82, 2.24) is 20.2 Å². The minimum absolute atomic E-state index is 0.830. The molecule has 1 heterocycles. The first-order valence-electron chi connectivity index (χ1n) is 5.82. The third-order valence-electron chi connectivity index (χ3n) is 2.57. The van der Waals surface area contributed by atoms with Crippen LogP contribution in [0.4, 0.5) is 5.69 Å². The third kappa shape index (κ3) is 3.59. The molecule has 0 saturated heterocycles. The molecule has 5 nitrogen and oxygen atoms in total. The van der Waals surface area contributed by atoms with Gasteiger partial charge in [0.1, 0.15) is 0 Å². The number of thiocarbonyl (C=S) groups is 1. The van der Waals surface area contributed by atoms with Gasteiger partial charge in [0.2, 0.25) is 0 Å². The molecule has 1 N–H and O–H groups in total. The van der Waals surface area contributed by atoms with Crippen molar-refractivity contribution in [2.75, 3.05) is 5.32 Å². The summed E-state index contributed by atoms with van der Waals surface area (Å²) in [6.45, 7) is 0. The second kappa shape index (κ2) is 6.20. The summed E-state index contributed by atoms with van der Waals surface area (Å²) in [7, 11) is 1.84. The van der Waals surface area contributed by atoms with Gasteiger partial charge in [0, 0.05) is 19.2 Å². The van der Waals surface area contributed by atoms with Gasteiger partial charge in [-0.1, -0.05) is 30.4 Å². The molecule has 2 aromatic rings. The van der Waals surface area contributed by atoms with Crippen molar-refractivity contribution in [3.05, 3.63) is 36.2 Å². The lowest BCUT2D eigenvalue weighted by molar-refractivity contribution is 0.664. The van der Waals surface area contributed by atoms with Crippen molar-refractivity contribution in [2.45, 2.75) is 19.3 Å². The number of benzene rings is 1. The van der Waals surface area contributed by atoms with Gasteiger partial charge in [-0.05, 0) is 35.4 Å². The second-order valence-corrected chi connectivity index (χ2v) is 4.48. The molecule has 0 radical (unpaired) electrons. The average molecular weight is 261 g/mol. The number of aromatic nitrogens is 4. The fraction of sp³-hybridized carbons (Fsp3) is 0.333. The minimum Gasteiger partial charge on any atom is -0.350 e. The van der Waals surface area contributed by atoms with Crippen LogP contribution in [-0.2, 0) is 13.5 Å². The van der Waals surface area contributed by atoms with Crippen LogP contribution in [0.15, 0.2) is 30.3 Å². The van der Waals surface area contributed by atoms with Crippen molar-refractivity contribution >= 4 is 22.9 Å². The third-order valence-corrected chi connectivity index (χ3v) is 2.88. The zero-order chi connectivity index (χ0) is 12.8. The molecule has 0 amide bonds. The minimum atomic E-state index is 0.830. The highest BCUT2D eigenvalue weighted by Gasteiger charge is 2.03. The molecule has 1 aromatic carbocycles. The maximum absolute atomic E-state index is 5.29. The summed E-state index contributed by atoms with van der Waals surface area (Å²) in [4.78, 5) is 0.844. The van der Waals surface area contributed by atoms with Gasteiger partial charge in [-0.2, -0.15) is 0 Å². The molecule has 6 heteroatoms. The predicted molar refractivity (Wildman–Crippen MR) is 74.4 cm³/mol. The number of nitrogens with zero attached hydrogens (tertiary/aromatic N) is 4. The summed E-state index contributed by atoms with van der Waals surface area (Å²) in [6, 6.07) is 9.94. The number of hydrogen-bond acceptors (Lipinski definition) is 4. The van der Waals surface area contributed by atoms with Crippen LogP contribution in [0.2, 0.25) is 0 Å². The molecule has 18 heavy (non-hydrogen) atoms. The molecule has 0 aliphatic carbocycles. The summed E-state index contributed by atoms with van der Waals surface area (Å²) in [5.41, 5.74) is 1.03. The number of hydrogen-bond donors (Lipinski definition) is 1. The van der Waals surface area contributed by atoms with Crippen molar-refractivity contribution in [2.24, 2.45) is 7.05 Å². The van der Waals surface area contributed by atoms with Crippen molar-refractivity contribution in [3.8, 4) is 0 Å². The summed E-state index contributed by atoms with van der Waals surface area (Å²) < 4.78 is 1.69. The van der Waals surface area contributed by atoms with Gasteiger partial charge in [0.15, 0.2) is 5.82 Å². The van der Waals surface area contributed by atoms with E-state index in [0.717, 1.165) is 35.8 Å². The van der Waals surface area contributed by atoms with Crippen LogP contribution in [-0.4, -0.2) is 25.2 Å². The van der Waals surface area contributed by atoms with E-state index in [1.54, 1.807) is 4.68 Å². The fourth-order valence-corrected chi connectivity index (χ4v) is 1.87. The van der Waals surface area contributed by atoms with E-state index in [1.807, 2.05) is 37.4 Å². The van der Waals surface area contributed by atoms with Crippen LogP contribution in [0, 0.1) is 0 Å². The number of tetrazole rings is 1. The lowest BCUT2D eigenvalue weighted by Crippen LogP contribution is -2.09. The Morgan fingerprint density at radius 2 is 2.11 bits per heavy atom. The molecule has 0 aliphatic rings. The van der Waals surface area contributed by atoms with Gasteiger partial charge in [-0.15, -0.1) is 5.10 Å². The van der Waals surface area contributed by atoms with E-state index in [0.29, 0.717) is 0 Å². The first kappa shape index (κ1) is 12.6. The summed E-state index contributed by atoms with van der Waals surface area (Å²) >= 11 is 5.29. The number of rotatable bonds is 5. The summed E-state index contributed by atoms with van der Waals surface area (Å²) in [5, 5.41) is 14.5. The zero-order valence-electron chi connectivity index (χ0n) is 10.2. The standard InChI is InChI=1S/C12H15N5S/c1-17-11(14-15-16-17)8-5-9-12(18)13-10-6-3-2-4-7-10/h2-4,6-7H,5,8-9H2,1H3,(H,13,18). The van der Waals surface area contributed by atoms with Crippen LogP contribution in [0.1, 0.15) is 18.7 Å². The SMILES string of the molecule is Cn1nnnc1CCCC(=S)Nc1ccccc1. The van der Waals surface area contributed by atoms with E-state index < -0.39 is 0 Å². The van der Waals surface area contributed by atoms with Gasteiger partial charge < -0.3 is 5.32 Å². The largest absolute Gasteiger partial charge is 0.350 e. The van der Waals surface area contributed by atoms with E-state index in [1.165, 1.54) is 0 Å². The first-order valence-corrected chi connectivity index (χ1v) is 6.22. The van der Waals surface area contributed by atoms with Gasteiger partial charge in [-0.25, -0.2) is 4.68 Å². The topological polar surface area (TPSA) is 55.6 Å². The maximum atomic E-state index is 5.29. The Kier molecular flexibility index (Phi) is 4.35. The lowest BCUT2D eigenvalue weighted by atomic mass is 10.2. The van der Waals surface area contributed by atoms with Crippen LogP contribution >= 0.6 is 12.2 Å². The Balaban J connectivity index is 1.74. The Morgan fingerprint density at radius 3 is 2.78 bits per heavy atom. The molecule has 0 fully saturated rings. The molecule has 0 aliphatic heterocycles. The van der Waals surface area contributed by atoms with Crippen molar-refractivity contribution in [3.63, 3.8) is 0 Å². The zero-order valence-corrected chi connectivity index (χ0v) is 11.0. The van der Waals surface area contributed by atoms with E-state index in [4.69, 9.17) is 12.2 Å². The smallest absolute Gasteiger partial charge is 0.150 e. The molecule has 94 valence electrons. The normalized spacial score (nSPS) is 10.3. The van der Waals surface area contributed by atoms with Gasteiger partial charge in [-0.3, -0.25) is 0 Å². The molecular formula is C12H15N5S. The molecule has 0 unspecified atom stereocenters. The number of para-hydroxylation sites is 1. The van der Waals surface area contributed by atoms with Gasteiger partial charge in [0.05, 0.1) is 4.99 Å². The van der Waals surface area contributed by atoms with Crippen LogP contribution in [0.5, 0.6) is 0 Å². The lowest BCUT2D eigenvalue weighted by Gasteiger charge is -2.07. The van der Waals surface area contributed by atoms with Crippen LogP contribution < -0.4 is 5.32 Å². The molecule has 0 saturated carbocycles. The Bertz CT molecular complexity index is 508. The molecule has 0 bridgehead atoms. The van der Waals surface area contributed by atoms with Gasteiger partial charge in [0.25, 0.3) is 0 Å². The van der Waals surface area contributed by atoms with Crippen LogP contribution in [0.25, 0.3) is 0 Å². The van der Waals surface area contributed by atoms with Crippen LogP contribution in [0.3, 0.4) is 0 Å². The number of nitrogens with one attached hydrogen (secondary N) is 1. The molecule has 0 atom stereocenters. The van der Waals surface area contributed by atoms with Crippen molar-refractivity contribution < 1.29 is 0 Å². The quantitative estimate of drug-likeness (QED) is 0.834. The molecule has 1 aromatic heterocycles. The highest BCUT2D eigenvalue weighted by molar-refractivity contribution is 7.80. The highest BCUT2D eigenvalue weighted by atomic mass is 32.1. The number of anilines is 1.